The van der Waals surface area contributed by atoms with Gasteiger partial charge in [-0.3, -0.25) is 0 Å². The molecular weight excluding hydrogens is 256 g/mol. The van der Waals surface area contributed by atoms with E-state index in [2.05, 4.69) is 4.74 Å². The number of carbonyl (C=O) groups is 1. The predicted octanol–water partition coefficient (Wildman–Crippen LogP) is 3.72. The van der Waals surface area contributed by atoms with Crippen molar-refractivity contribution in [2.45, 2.75) is 4.90 Å². The monoisotopic (exact) mass is 268 g/mol. The van der Waals surface area contributed by atoms with Crippen LogP contribution in [0.3, 0.4) is 0 Å². The average Bonchev–Trinajstić information content (AvgIpc) is 2.35. The lowest BCUT2D eigenvalue weighted by molar-refractivity contribution is -0.134. The first-order valence-corrected chi connectivity index (χ1v) is 6.38. The highest BCUT2D eigenvalue weighted by atomic mass is 35.5. The summed E-state index contributed by atoms with van der Waals surface area (Å²) >= 11 is 7.48. The average molecular weight is 269 g/mol. The lowest BCUT2D eigenvalue weighted by Gasteiger charge is -1.97. The van der Waals surface area contributed by atoms with Gasteiger partial charge in [0.25, 0.3) is 0 Å². The number of methoxy groups -OCH3 is 1. The maximum atomic E-state index is 10.7. The lowest BCUT2D eigenvalue weighted by atomic mass is 10.4. The number of carbonyl (C=O) groups excluding carboxylic acids is 1. The number of ether oxygens (including phenoxy) is 1. The van der Waals surface area contributed by atoms with E-state index in [1.807, 2.05) is 36.4 Å². The molecular formula is C13H13ClO2S. The summed E-state index contributed by atoms with van der Waals surface area (Å²) in [6.07, 6.45) is 6.83. The van der Waals surface area contributed by atoms with Gasteiger partial charge < -0.3 is 4.74 Å². The second kappa shape index (κ2) is 7.98. The maximum absolute atomic E-state index is 10.7. The molecule has 0 spiro atoms. The minimum absolute atomic E-state index is 0.347. The number of esters is 1. The van der Waals surface area contributed by atoms with Crippen LogP contribution in [0.5, 0.6) is 0 Å². The van der Waals surface area contributed by atoms with Crippen LogP contribution in [0.2, 0.25) is 5.02 Å². The highest BCUT2D eigenvalue weighted by molar-refractivity contribution is 7.99. The van der Waals surface area contributed by atoms with E-state index in [1.54, 1.807) is 17.8 Å². The van der Waals surface area contributed by atoms with Crippen molar-refractivity contribution in [1.29, 1.82) is 0 Å². The number of hydrogen-bond donors (Lipinski definition) is 0. The SMILES string of the molecule is COC(=O)/C=C/C=C/CSc1ccc(Cl)cc1. The molecule has 1 rings (SSSR count). The molecule has 0 aliphatic rings. The molecule has 4 heteroatoms. The summed E-state index contributed by atoms with van der Waals surface area (Å²) in [5.41, 5.74) is 0. The minimum atomic E-state index is -0.347. The second-order valence-electron chi connectivity index (χ2n) is 3.08. The molecule has 1 aromatic rings. The molecule has 0 unspecified atom stereocenters. The molecule has 0 heterocycles. The Hall–Kier alpha value is -1.19. The Labute approximate surface area is 110 Å². The van der Waals surface area contributed by atoms with Crippen molar-refractivity contribution in [3.63, 3.8) is 0 Å². The Morgan fingerprint density at radius 3 is 2.71 bits per heavy atom. The van der Waals surface area contributed by atoms with Gasteiger partial charge in [0.1, 0.15) is 0 Å². The molecule has 90 valence electrons. The number of allylic oxidation sites excluding steroid dienone is 2. The third kappa shape index (κ3) is 6.19. The predicted molar refractivity (Wildman–Crippen MR) is 72.5 cm³/mol. The summed E-state index contributed by atoms with van der Waals surface area (Å²) in [5.74, 6) is 0.493. The van der Waals surface area contributed by atoms with Gasteiger partial charge in [0.05, 0.1) is 7.11 Å². The van der Waals surface area contributed by atoms with Gasteiger partial charge in [-0.25, -0.2) is 4.79 Å². The highest BCUT2D eigenvalue weighted by Crippen LogP contribution is 2.20. The van der Waals surface area contributed by atoms with Crippen molar-refractivity contribution < 1.29 is 9.53 Å². The maximum Gasteiger partial charge on any atom is 0.330 e. The summed E-state index contributed by atoms with van der Waals surface area (Å²) in [6.45, 7) is 0. The van der Waals surface area contributed by atoms with Crippen LogP contribution in [0.4, 0.5) is 0 Å². The molecule has 0 bridgehead atoms. The molecule has 0 saturated carbocycles. The summed E-state index contributed by atoms with van der Waals surface area (Å²) in [4.78, 5) is 11.9. The zero-order chi connectivity index (χ0) is 12.5. The highest BCUT2D eigenvalue weighted by Gasteiger charge is 1.91. The van der Waals surface area contributed by atoms with Crippen molar-refractivity contribution in [3.8, 4) is 0 Å². The molecule has 0 saturated heterocycles. The normalized spacial score (nSPS) is 11.2. The lowest BCUT2D eigenvalue weighted by Crippen LogP contribution is -1.92. The number of hydrogen-bond acceptors (Lipinski definition) is 3. The third-order valence-electron chi connectivity index (χ3n) is 1.84. The Morgan fingerprint density at radius 2 is 2.06 bits per heavy atom. The summed E-state index contributed by atoms with van der Waals surface area (Å²) in [5, 5.41) is 0.742. The fourth-order valence-corrected chi connectivity index (χ4v) is 1.87. The topological polar surface area (TPSA) is 26.3 Å². The van der Waals surface area contributed by atoms with Gasteiger partial charge >= 0.3 is 5.97 Å². The van der Waals surface area contributed by atoms with Crippen LogP contribution in [0.25, 0.3) is 0 Å². The van der Waals surface area contributed by atoms with Gasteiger partial charge in [-0.1, -0.05) is 29.8 Å². The second-order valence-corrected chi connectivity index (χ2v) is 4.61. The van der Waals surface area contributed by atoms with E-state index in [1.165, 1.54) is 13.2 Å². The summed E-state index contributed by atoms with van der Waals surface area (Å²) in [7, 11) is 1.35. The molecule has 17 heavy (non-hydrogen) atoms. The Kier molecular flexibility index (Phi) is 6.51. The third-order valence-corrected chi connectivity index (χ3v) is 3.06. The van der Waals surface area contributed by atoms with Crippen LogP contribution >= 0.6 is 23.4 Å². The molecule has 0 N–H and O–H groups in total. The van der Waals surface area contributed by atoms with Crippen molar-refractivity contribution in [1.82, 2.24) is 0 Å². The van der Waals surface area contributed by atoms with Crippen LogP contribution in [0, 0.1) is 0 Å². The number of thioether (sulfide) groups is 1. The first kappa shape index (κ1) is 13.9. The van der Waals surface area contributed by atoms with Crippen molar-refractivity contribution in [3.05, 3.63) is 53.6 Å². The minimum Gasteiger partial charge on any atom is -0.466 e. The van der Waals surface area contributed by atoms with Crippen LogP contribution < -0.4 is 0 Å². The first-order valence-electron chi connectivity index (χ1n) is 5.02. The van der Waals surface area contributed by atoms with Crippen LogP contribution in [-0.2, 0) is 9.53 Å². The Balaban J connectivity index is 2.28. The van der Waals surface area contributed by atoms with Gasteiger partial charge in [-0.2, -0.15) is 0 Å². The van der Waals surface area contributed by atoms with Gasteiger partial charge in [-0.15, -0.1) is 11.8 Å². The molecule has 0 atom stereocenters. The first-order chi connectivity index (χ1) is 8.22. The van der Waals surface area contributed by atoms with E-state index >= 15 is 0 Å². The summed E-state index contributed by atoms with van der Waals surface area (Å²) in [6, 6.07) is 7.69. The fraction of sp³-hybridized carbons (Fsp3) is 0.154. The quantitative estimate of drug-likeness (QED) is 0.352. The van der Waals surface area contributed by atoms with Crippen molar-refractivity contribution in [2.24, 2.45) is 0 Å². The van der Waals surface area contributed by atoms with E-state index in [-0.39, 0.29) is 5.97 Å². The summed E-state index contributed by atoms with van der Waals surface area (Å²) < 4.78 is 4.46. The molecule has 1 aromatic carbocycles. The number of benzene rings is 1. The van der Waals surface area contributed by atoms with Gasteiger partial charge in [0, 0.05) is 21.7 Å². The molecule has 0 aliphatic heterocycles. The van der Waals surface area contributed by atoms with E-state index in [9.17, 15) is 4.79 Å². The van der Waals surface area contributed by atoms with E-state index in [4.69, 9.17) is 11.6 Å². The zero-order valence-electron chi connectivity index (χ0n) is 9.43. The van der Waals surface area contributed by atoms with E-state index < -0.39 is 0 Å². The fourth-order valence-electron chi connectivity index (χ4n) is 1.01. The van der Waals surface area contributed by atoms with Gasteiger partial charge in [0.2, 0.25) is 0 Å². The van der Waals surface area contributed by atoms with E-state index in [0.717, 1.165) is 15.7 Å². The van der Waals surface area contributed by atoms with Crippen molar-refractivity contribution >= 4 is 29.3 Å². The molecule has 0 aromatic heterocycles. The van der Waals surface area contributed by atoms with Crippen molar-refractivity contribution in [2.75, 3.05) is 12.9 Å². The van der Waals surface area contributed by atoms with Crippen LogP contribution in [0.15, 0.2) is 53.5 Å². The molecule has 0 aliphatic carbocycles. The Morgan fingerprint density at radius 1 is 1.35 bits per heavy atom. The molecule has 0 radical (unpaired) electrons. The molecule has 0 fully saturated rings. The van der Waals surface area contributed by atoms with E-state index in [0.29, 0.717) is 0 Å². The molecule has 2 nitrogen and oxygen atoms in total. The largest absolute Gasteiger partial charge is 0.466 e. The van der Waals surface area contributed by atoms with Gasteiger partial charge in [-0.05, 0) is 24.3 Å². The Bertz CT molecular complexity index is 410. The van der Waals surface area contributed by atoms with Crippen LogP contribution in [-0.4, -0.2) is 18.8 Å². The zero-order valence-corrected chi connectivity index (χ0v) is 11.0. The standard InChI is InChI=1S/C13H13ClO2S/c1-16-13(15)5-3-2-4-10-17-12-8-6-11(14)7-9-12/h2-9H,10H2,1H3/b4-2+,5-3+. The number of halogens is 1. The number of rotatable bonds is 5. The molecule has 0 amide bonds. The smallest absolute Gasteiger partial charge is 0.330 e. The van der Waals surface area contributed by atoms with Gasteiger partial charge in [0.15, 0.2) is 0 Å². The van der Waals surface area contributed by atoms with Crippen LogP contribution in [0.1, 0.15) is 0 Å².